The van der Waals surface area contributed by atoms with Crippen molar-refractivity contribution < 1.29 is 9.90 Å². The van der Waals surface area contributed by atoms with E-state index in [1.165, 1.54) is 6.07 Å². The van der Waals surface area contributed by atoms with Gasteiger partial charge in [0, 0.05) is 23.6 Å². The molecule has 3 nitrogen and oxygen atoms in total. The topological polar surface area (TPSA) is 63.3 Å². The molecule has 0 amide bonds. The van der Waals surface area contributed by atoms with Gasteiger partial charge >= 0.3 is 5.97 Å². The average molecular weight is 224 g/mol. The third-order valence-corrected chi connectivity index (χ3v) is 1.94. The van der Waals surface area contributed by atoms with Crippen LogP contribution in [0.1, 0.15) is 22.3 Å². The van der Waals surface area contributed by atoms with E-state index >= 15 is 0 Å². The Kier molecular flexibility index (Phi) is 4.17. The summed E-state index contributed by atoms with van der Waals surface area (Å²) >= 11 is 5.69. The standard InChI is InChI=1S/C11H10ClNO2/c12-9-5-4-8(3-1-2-6-13)10(7-9)11(14)15/h4-5,7H,2,6,13H2,(H,14,15). The molecule has 0 saturated heterocycles. The zero-order valence-electron chi connectivity index (χ0n) is 7.96. The molecule has 1 aromatic rings. The minimum atomic E-state index is -1.03. The molecule has 3 N–H and O–H groups in total. The molecule has 0 aliphatic rings. The molecule has 15 heavy (non-hydrogen) atoms. The van der Waals surface area contributed by atoms with Gasteiger partial charge in [0.25, 0.3) is 0 Å². The minimum Gasteiger partial charge on any atom is -0.478 e. The zero-order valence-corrected chi connectivity index (χ0v) is 8.71. The Bertz CT molecular complexity index is 432. The molecular weight excluding hydrogens is 214 g/mol. The van der Waals surface area contributed by atoms with Crippen molar-refractivity contribution in [1.29, 1.82) is 0 Å². The maximum absolute atomic E-state index is 10.9. The molecule has 0 unspecified atom stereocenters. The first-order chi connectivity index (χ1) is 7.15. The molecule has 0 spiro atoms. The van der Waals surface area contributed by atoms with E-state index in [-0.39, 0.29) is 5.56 Å². The van der Waals surface area contributed by atoms with Crippen molar-refractivity contribution >= 4 is 17.6 Å². The van der Waals surface area contributed by atoms with Gasteiger partial charge in [-0.1, -0.05) is 23.4 Å². The van der Waals surface area contributed by atoms with Crippen molar-refractivity contribution in [2.45, 2.75) is 6.42 Å². The van der Waals surface area contributed by atoms with E-state index in [1.807, 2.05) is 0 Å². The van der Waals surface area contributed by atoms with Gasteiger partial charge in [0.1, 0.15) is 0 Å². The number of hydrogen-bond acceptors (Lipinski definition) is 2. The van der Waals surface area contributed by atoms with Gasteiger partial charge in [-0.15, -0.1) is 0 Å². The van der Waals surface area contributed by atoms with Crippen LogP contribution in [-0.2, 0) is 0 Å². The molecule has 0 aromatic heterocycles. The van der Waals surface area contributed by atoms with Crippen LogP contribution in [0, 0.1) is 11.8 Å². The lowest BCUT2D eigenvalue weighted by Gasteiger charge is -1.99. The van der Waals surface area contributed by atoms with Crippen LogP contribution in [0.5, 0.6) is 0 Å². The normalized spacial score (nSPS) is 9.20. The van der Waals surface area contributed by atoms with Crippen LogP contribution < -0.4 is 5.73 Å². The van der Waals surface area contributed by atoms with Gasteiger partial charge in [0.15, 0.2) is 0 Å². The SMILES string of the molecule is NCCC#Cc1ccc(Cl)cc1C(=O)O. The molecule has 0 radical (unpaired) electrons. The molecule has 1 aromatic carbocycles. The van der Waals surface area contributed by atoms with Gasteiger partial charge in [0.05, 0.1) is 5.56 Å². The summed E-state index contributed by atoms with van der Waals surface area (Å²) in [6.07, 6.45) is 0.543. The number of benzene rings is 1. The molecule has 78 valence electrons. The van der Waals surface area contributed by atoms with E-state index in [9.17, 15) is 4.79 Å². The third-order valence-electron chi connectivity index (χ3n) is 1.70. The van der Waals surface area contributed by atoms with Crippen LogP contribution in [0.25, 0.3) is 0 Å². The largest absolute Gasteiger partial charge is 0.478 e. The maximum Gasteiger partial charge on any atom is 0.337 e. The quantitative estimate of drug-likeness (QED) is 0.751. The molecular formula is C11H10ClNO2. The minimum absolute atomic E-state index is 0.118. The number of rotatable bonds is 2. The van der Waals surface area contributed by atoms with Crippen molar-refractivity contribution in [2.75, 3.05) is 6.54 Å². The van der Waals surface area contributed by atoms with E-state index in [4.69, 9.17) is 22.4 Å². The maximum atomic E-state index is 10.9. The summed E-state index contributed by atoms with van der Waals surface area (Å²) in [4.78, 5) is 10.9. The summed E-state index contributed by atoms with van der Waals surface area (Å²) in [6, 6.07) is 4.59. The fraction of sp³-hybridized carbons (Fsp3) is 0.182. The number of hydrogen-bond donors (Lipinski definition) is 2. The molecule has 0 atom stereocenters. The fourth-order valence-corrected chi connectivity index (χ4v) is 1.20. The second kappa shape index (κ2) is 5.40. The van der Waals surface area contributed by atoms with Crippen LogP contribution in [0.2, 0.25) is 5.02 Å². The highest BCUT2D eigenvalue weighted by molar-refractivity contribution is 6.31. The van der Waals surface area contributed by atoms with Crippen molar-refractivity contribution in [1.82, 2.24) is 0 Å². The number of carboxylic acid groups (broad SMARTS) is 1. The Morgan fingerprint density at radius 3 is 2.87 bits per heavy atom. The van der Waals surface area contributed by atoms with Gasteiger partial charge in [-0.05, 0) is 18.2 Å². The van der Waals surface area contributed by atoms with Crippen LogP contribution in [-0.4, -0.2) is 17.6 Å². The lowest BCUT2D eigenvalue weighted by atomic mass is 10.1. The zero-order chi connectivity index (χ0) is 11.3. The van der Waals surface area contributed by atoms with E-state index in [2.05, 4.69) is 11.8 Å². The van der Waals surface area contributed by atoms with Crippen molar-refractivity contribution in [3.63, 3.8) is 0 Å². The average Bonchev–Trinajstić information content (AvgIpc) is 2.20. The van der Waals surface area contributed by atoms with E-state index in [1.54, 1.807) is 12.1 Å². The Hall–Kier alpha value is -1.50. The van der Waals surface area contributed by atoms with Gasteiger partial charge in [0.2, 0.25) is 0 Å². The van der Waals surface area contributed by atoms with Crippen molar-refractivity contribution in [3.05, 3.63) is 34.3 Å². The highest BCUT2D eigenvalue weighted by atomic mass is 35.5. The molecule has 0 heterocycles. The Morgan fingerprint density at radius 2 is 2.27 bits per heavy atom. The lowest BCUT2D eigenvalue weighted by Crippen LogP contribution is -2.00. The summed E-state index contributed by atoms with van der Waals surface area (Å²) in [7, 11) is 0. The van der Waals surface area contributed by atoms with Gasteiger partial charge in [-0.2, -0.15) is 0 Å². The van der Waals surface area contributed by atoms with Crippen molar-refractivity contribution in [3.8, 4) is 11.8 Å². The van der Waals surface area contributed by atoms with E-state index < -0.39 is 5.97 Å². The fourth-order valence-electron chi connectivity index (χ4n) is 1.03. The molecule has 0 fully saturated rings. The summed E-state index contributed by atoms with van der Waals surface area (Å²) in [5.41, 5.74) is 5.85. The Labute approximate surface area is 92.9 Å². The first kappa shape index (κ1) is 11.6. The predicted molar refractivity (Wildman–Crippen MR) is 59.0 cm³/mol. The lowest BCUT2D eigenvalue weighted by molar-refractivity contribution is 0.0696. The second-order valence-electron chi connectivity index (χ2n) is 2.84. The number of carboxylic acids is 1. The molecule has 0 aliphatic carbocycles. The first-order valence-electron chi connectivity index (χ1n) is 4.37. The van der Waals surface area contributed by atoms with Crippen LogP contribution in [0.3, 0.4) is 0 Å². The van der Waals surface area contributed by atoms with Gasteiger partial charge in [-0.25, -0.2) is 4.79 Å². The monoisotopic (exact) mass is 223 g/mol. The van der Waals surface area contributed by atoms with Crippen molar-refractivity contribution in [2.24, 2.45) is 5.73 Å². The molecule has 0 saturated carbocycles. The number of halogens is 1. The highest BCUT2D eigenvalue weighted by Crippen LogP contribution is 2.15. The van der Waals surface area contributed by atoms with Crippen LogP contribution >= 0.6 is 11.6 Å². The first-order valence-corrected chi connectivity index (χ1v) is 4.74. The summed E-state index contributed by atoms with van der Waals surface area (Å²) < 4.78 is 0. The van der Waals surface area contributed by atoms with Gasteiger partial charge in [-0.3, -0.25) is 0 Å². The molecule has 4 heteroatoms. The predicted octanol–water partition coefficient (Wildman–Crippen LogP) is 1.74. The summed E-state index contributed by atoms with van der Waals surface area (Å²) in [6.45, 7) is 0.461. The smallest absolute Gasteiger partial charge is 0.337 e. The number of aromatic carboxylic acids is 1. The van der Waals surface area contributed by atoms with E-state index in [0.29, 0.717) is 23.6 Å². The summed E-state index contributed by atoms with van der Waals surface area (Å²) in [5, 5.41) is 9.28. The van der Waals surface area contributed by atoms with Crippen LogP contribution in [0.4, 0.5) is 0 Å². The third kappa shape index (κ3) is 3.28. The Balaban J connectivity index is 3.08. The molecule has 1 rings (SSSR count). The highest BCUT2D eigenvalue weighted by Gasteiger charge is 2.08. The molecule has 0 aliphatic heterocycles. The number of nitrogens with two attached hydrogens (primary N) is 1. The van der Waals surface area contributed by atoms with Crippen LogP contribution in [0.15, 0.2) is 18.2 Å². The summed E-state index contributed by atoms with van der Waals surface area (Å²) in [5.74, 6) is 4.51. The molecule has 0 bridgehead atoms. The van der Waals surface area contributed by atoms with Gasteiger partial charge < -0.3 is 10.8 Å². The second-order valence-corrected chi connectivity index (χ2v) is 3.27. The van der Waals surface area contributed by atoms with E-state index in [0.717, 1.165) is 0 Å². The number of carbonyl (C=O) groups is 1. The Morgan fingerprint density at radius 1 is 1.53 bits per heavy atom.